The Hall–Kier alpha value is -2.98. The molecule has 0 bridgehead atoms. The number of hydrogen-bond donors (Lipinski definition) is 4. The Morgan fingerprint density at radius 3 is 2.73 bits per heavy atom. The monoisotopic (exact) mass is 364 g/mol. The van der Waals surface area contributed by atoms with E-state index >= 15 is 0 Å². The highest BCUT2D eigenvalue weighted by atomic mass is 16.6. The van der Waals surface area contributed by atoms with Gasteiger partial charge in [0.1, 0.15) is 12.7 Å². The van der Waals surface area contributed by atoms with E-state index in [-0.39, 0.29) is 31.1 Å². The number of aliphatic hydroxyl groups is 2. The van der Waals surface area contributed by atoms with Crippen LogP contribution in [0, 0.1) is 17.0 Å². The smallest absolute Gasteiger partial charge is 0.407 e. The average Bonchev–Trinajstić information content (AvgIpc) is 3.02. The fourth-order valence-electron chi connectivity index (χ4n) is 2.28. The molecule has 2 rings (SSSR count). The minimum atomic E-state index is -1.55. The van der Waals surface area contributed by atoms with Crippen LogP contribution in [0.2, 0.25) is 0 Å². The SMILES string of the molecule is Cc1nc(C(O)C(O)CCNC(=O)OCc2ccccc2)c([N+](=O)[O-])[nH]1. The van der Waals surface area contributed by atoms with Crippen LogP contribution >= 0.6 is 0 Å². The predicted molar refractivity (Wildman–Crippen MR) is 90.2 cm³/mol. The second-order valence-electron chi connectivity index (χ2n) is 5.60. The van der Waals surface area contributed by atoms with Gasteiger partial charge in [0.2, 0.25) is 0 Å². The van der Waals surface area contributed by atoms with Crippen molar-refractivity contribution in [2.45, 2.75) is 32.2 Å². The normalized spacial score (nSPS) is 13.0. The van der Waals surface area contributed by atoms with E-state index in [2.05, 4.69) is 15.3 Å². The first kappa shape index (κ1) is 19.3. The standard InChI is InChI=1S/C16H20N4O6/c1-10-18-13(15(19-10)20(24)25)14(22)12(21)7-8-17-16(23)26-9-11-5-3-2-4-6-11/h2-6,12,14,21-22H,7-9H2,1H3,(H,17,23)(H,18,19). The summed E-state index contributed by atoms with van der Waals surface area (Å²) >= 11 is 0. The van der Waals surface area contributed by atoms with Crippen molar-refractivity contribution in [3.05, 3.63) is 57.5 Å². The number of carbonyl (C=O) groups is 1. The van der Waals surface area contributed by atoms with Gasteiger partial charge in [-0.3, -0.25) is 0 Å². The summed E-state index contributed by atoms with van der Waals surface area (Å²) in [6.07, 6.45) is -3.60. The van der Waals surface area contributed by atoms with Crippen molar-refractivity contribution < 1.29 is 24.7 Å². The van der Waals surface area contributed by atoms with Gasteiger partial charge in [0.05, 0.1) is 6.10 Å². The quantitative estimate of drug-likeness (QED) is 0.407. The van der Waals surface area contributed by atoms with Crippen LogP contribution in [0.1, 0.15) is 29.6 Å². The predicted octanol–water partition coefficient (Wildman–Crippen LogP) is 1.34. The van der Waals surface area contributed by atoms with Gasteiger partial charge in [-0.1, -0.05) is 30.3 Å². The van der Waals surface area contributed by atoms with Crippen molar-refractivity contribution in [3.8, 4) is 0 Å². The van der Waals surface area contributed by atoms with E-state index in [9.17, 15) is 25.1 Å². The third-order valence-corrected chi connectivity index (χ3v) is 3.58. The lowest BCUT2D eigenvalue weighted by atomic mass is 10.1. The fourth-order valence-corrected chi connectivity index (χ4v) is 2.28. The van der Waals surface area contributed by atoms with Gasteiger partial charge in [-0.25, -0.2) is 14.8 Å². The summed E-state index contributed by atoms with van der Waals surface area (Å²) in [6, 6.07) is 9.12. The Balaban J connectivity index is 1.78. The molecule has 140 valence electrons. The Kier molecular flexibility index (Phi) is 6.64. The van der Waals surface area contributed by atoms with Crippen molar-refractivity contribution in [1.82, 2.24) is 15.3 Å². The summed E-state index contributed by atoms with van der Waals surface area (Å²) in [4.78, 5) is 28.1. The number of nitro groups is 1. The Bertz CT molecular complexity index is 748. The summed E-state index contributed by atoms with van der Waals surface area (Å²) < 4.78 is 5.01. The van der Waals surface area contributed by atoms with Gasteiger partial charge in [-0.2, -0.15) is 0 Å². The lowest BCUT2D eigenvalue weighted by Gasteiger charge is -2.16. The topological polar surface area (TPSA) is 151 Å². The minimum absolute atomic E-state index is 0.0169. The number of H-pyrrole nitrogens is 1. The zero-order valence-corrected chi connectivity index (χ0v) is 14.1. The number of aryl methyl sites for hydroxylation is 1. The highest BCUT2D eigenvalue weighted by Gasteiger charge is 2.29. The number of alkyl carbamates (subject to hydrolysis) is 1. The van der Waals surface area contributed by atoms with Crippen LogP contribution in [0.4, 0.5) is 10.6 Å². The van der Waals surface area contributed by atoms with Crippen LogP contribution in [0.3, 0.4) is 0 Å². The number of imidazole rings is 1. The number of carbonyl (C=O) groups excluding carboxylic acids is 1. The van der Waals surface area contributed by atoms with Gasteiger partial charge in [-0.15, -0.1) is 0 Å². The van der Waals surface area contributed by atoms with Gasteiger partial charge in [0, 0.05) is 13.5 Å². The van der Waals surface area contributed by atoms with Gasteiger partial charge in [0.15, 0.2) is 11.5 Å². The van der Waals surface area contributed by atoms with Gasteiger partial charge < -0.3 is 30.4 Å². The molecule has 2 aromatic rings. The van der Waals surface area contributed by atoms with E-state index in [1.807, 2.05) is 30.3 Å². The van der Waals surface area contributed by atoms with Gasteiger partial charge >= 0.3 is 11.9 Å². The number of aliphatic hydroxyl groups excluding tert-OH is 2. The van der Waals surface area contributed by atoms with Crippen LogP contribution < -0.4 is 5.32 Å². The van der Waals surface area contributed by atoms with Crippen molar-refractivity contribution in [2.24, 2.45) is 0 Å². The maximum atomic E-state index is 11.6. The largest absolute Gasteiger partial charge is 0.445 e. The number of nitrogens with one attached hydrogen (secondary N) is 2. The van der Waals surface area contributed by atoms with Crippen molar-refractivity contribution in [3.63, 3.8) is 0 Å². The molecule has 10 nitrogen and oxygen atoms in total. The molecule has 2 unspecified atom stereocenters. The molecule has 26 heavy (non-hydrogen) atoms. The van der Waals surface area contributed by atoms with Crippen molar-refractivity contribution in [1.29, 1.82) is 0 Å². The summed E-state index contributed by atoms with van der Waals surface area (Å²) in [5, 5.41) is 33.4. The number of nitrogens with zero attached hydrogens (tertiary/aromatic N) is 2. The van der Waals surface area contributed by atoms with E-state index in [0.29, 0.717) is 0 Å². The van der Waals surface area contributed by atoms with E-state index < -0.39 is 29.0 Å². The number of aromatic nitrogens is 2. The maximum absolute atomic E-state index is 11.6. The zero-order valence-electron chi connectivity index (χ0n) is 14.1. The third kappa shape index (κ3) is 5.26. The first-order valence-corrected chi connectivity index (χ1v) is 7.90. The Morgan fingerprint density at radius 1 is 1.38 bits per heavy atom. The number of aromatic amines is 1. The first-order chi connectivity index (χ1) is 12.4. The number of hydrogen-bond acceptors (Lipinski definition) is 7. The lowest BCUT2D eigenvalue weighted by molar-refractivity contribution is -0.390. The molecule has 0 saturated carbocycles. The molecule has 0 spiro atoms. The molecule has 2 atom stereocenters. The van der Waals surface area contributed by atoms with E-state index in [1.54, 1.807) is 0 Å². The van der Waals surface area contributed by atoms with Crippen LogP contribution in [0.25, 0.3) is 0 Å². The van der Waals surface area contributed by atoms with Gasteiger partial charge in [-0.05, 0) is 16.9 Å². The molecule has 0 fully saturated rings. The van der Waals surface area contributed by atoms with Crippen LogP contribution in [0.15, 0.2) is 30.3 Å². The summed E-state index contributed by atoms with van der Waals surface area (Å²) in [6.45, 7) is 1.62. The second-order valence-corrected chi connectivity index (χ2v) is 5.60. The highest BCUT2D eigenvalue weighted by Crippen LogP contribution is 2.25. The minimum Gasteiger partial charge on any atom is -0.445 e. The summed E-state index contributed by atoms with van der Waals surface area (Å²) in [5.41, 5.74) is 0.589. The van der Waals surface area contributed by atoms with Crippen molar-refractivity contribution >= 4 is 11.9 Å². The molecule has 0 aliphatic heterocycles. The third-order valence-electron chi connectivity index (χ3n) is 3.58. The second kappa shape index (κ2) is 8.92. The molecule has 1 aromatic heterocycles. The van der Waals surface area contributed by atoms with E-state index in [0.717, 1.165) is 5.56 Å². The lowest BCUT2D eigenvalue weighted by Crippen LogP contribution is -2.30. The number of amides is 1. The number of rotatable bonds is 8. The zero-order chi connectivity index (χ0) is 19.1. The molecular weight excluding hydrogens is 344 g/mol. The molecule has 0 saturated heterocycles. The molecular formula is C16H20N4O6. The molecule has 1 heterocycles. The highest BCUT2D eigenvalue weighted by molar-refractivity contribution is 5.67. The maximum Gasteiger partial charge on any atom is 0.407 e. The first-order valence-electron chi connectivity index (χ1n) is 7.90. The molecule has 4 N–H and O–H groups in total. The molecule has 1 amide bonds. The van der Waals surface area contributed by atoms with Crippen LogP contribution in [-0.4, -0.2) is 43.8 Å². The number of benzene rings is 1. The Morgan fingerprint density at radius 2 is 2.08 bits per heavy atom. The summed E-state index contributed by atoms with van der Waals surface area (Å²) in [7, 11) is 0. The molecule has 10 heteroatoms. The Labute approximate surface area is 149 Å². The van der Waals surface area contributed by atoms with Gasteiger partial charge in [0.25, 0.3) is 0 Å². The fraction of sp³-hybridized carbons (Fsp3) is 0.375. The molecule has 0 aliphatic rings. The van der Waals surface area contributed by atoms with E-state index in [1.165, 1.54) is 6.92 Å². The summed E-state index contributed by atoms with van der Waals surface area (Å²) in [5.74, 6) is -0.218. The van der Waals surface area contributed by atoms with Crippen LogP contribution in [0.5, 0.6) is 0 Å². The molecule has 0 radical (unpaired) electrons. The number of ether oxygens (including phenoxy) is 1. The van der Waals surface area contributed by atoms with Crippen LogP contribution in [-0.2, 0) is 11.3 Å². The average molecular weight is 364 g/mol. The molecule has 1 aromatic carbocycles. The molecule has 0 aliphatic carbocycles. The van der Waals surface area contributed by atoms with Crippen molar-refractivity contribution in [2.75, 3.05) is 6.54 Å². The van der Waals surface area contributed by atoms with E-state index in [4.69, 9.17) is 4.74 Å².